The van der Waals surface area contributed by atoms with Crippen LogP contribution in [0.5, 0.6) is 0 Å². The van der Waals surface area contributed by atoms with Gasteiger partial charge in [0.15, 0.2) is 0 Å². The van der Waals surface area contributed by atoms with Crippen LogP contribution in [0.15, 0.2) is 18.2 Å². The molecule has 0 aromatic heterocycles. The molecule has 0 saturated carbocycles. The SMILES string of the molecule is CCC(C)NC(=O)Nc1cccc2c1C1(CC23OCCO3)OCCO1. The minimum absolute atomic E-state index is 0.0949. The van der Waals surface area contributed by atoms with Crippen molar-refractivity contribution in [2.75, 3.05) is 31.7 Å². The first-order chi connectivity index (χ1) is 12.1. The Balaban J connectivity index is 1.71. The molecular formula is C18H24N2O5. The van der Waals surface area contributed by atoms with E-state index < -0.39 is 11.6 Å². The van der Waals surface area contributed by atoms with E-state index in [1.54, 1.807) is 0 Å². The summed E-state index contributed by atoms with van der Waals surface area (Å²) >= 11 is 0. The molecular weight excluding hydrogens is 324 g/mol. The van der Waals surface area contributed by atoms with Crippen LogP contribution in [0, 0.1) is 0 Å². The molecule has 2 heterocycles. The molecule has 25 heavy (non-hydrogen) atoms. The second-order valence-corrected chi connectivity index (χ2v) is 6.71. The molecule has 7 nitrogen and oxygen atoms in total. The van der Waals surface area contributed by atoms with Gasteiger partial charge in [0.05, 0.1) is 38.5 Å². The number of rotatable bonds is 3. The fourth-order valence-electron chi connectivity index (χ4n) is 3.77. The number of carbonyl (C=O) groups excluding carboxylic acids is 1. The first kappa shape index (κ1) is 16.8. The van der Waals surface area contributed by atoms with Crippen molar-refractivity contribution < 1.29 is 23.7 Å². The maximum absolute atomic E-state index is 12.3. The molecule has 2 saturated heterocycles. The Morgan fingerprint density at radius 2 is 1.76 bits per heavy atom. The van der Waals surface area contributed by atoms with Gasteiger partial charge in [0.2, 0.25) is 11.6 Å². The van der Waals surface area contributed by atoms with Crippen LogP contribution in [0.3, 0.4) is 0 Å². The summed E-state index contributed by atoms with van der Waals surface area (Å²) in [4.78, 5) is 12.3. The van der Waals surface area contributed by atoms with E-state index in [0.29, 0.717) is 38.5 Å². The minimum atomic E-state index is -0.931. The maximum atomic E-state index is 12.3. The largest absolute Gasteiger partial charge is 0.343 e. The van der Waals surface area contributed by atoms with E-state index in [-0.39, 0.29) is 12.1 Å². The normalized spacial score (nSPS) is 23.8. The Morgan fingerprint density at radius 1 is 1.12 bits per heavy atom. The minimum Gasteiger partial charge on any atom is -0.343 e. The topological polar surface area (TPSA) is 78.1 Å². The van der Waals surface area contributed by atoms with Crippen LogP contribution in [-0.4, -0.2) is 38.5 Å². The molecule has 2 spiro atoms. The second kappa shape index (κ2) is 6.25. The summed E-state index contributed by atoms with van der Waals surface area (Å²) in [5.41, 5.74) is 2.33. The molecule has 7 heteroatoms. The lowest BCUT2D eigenvalue weighted by atomic mass is 10.0. The van der Waals surface area contributed by atoms with Gasteiger partial charge in [-0.25, -0.2) is 4.79 Å². The van der Waals surface area contributed by atoms with Gasteiger partial charge in [0.1, 0.15) is 0 Å². The highest BCUT2D eigenvalue weighted by Gasteiger charge is 2.60. The fourth-order valence-corrected chi connectivity index (χ4v) is 3.77. The van der Waals surface area contributed by atoms with Crippen molar-refractivity contribution in [1.82, 2.24) is 5.32 Å². The highest BCUT2D eigenvalue weighted by atomic mass is 16.8. The quantitative estimate of drug-likeness (QED) is 0.877. The summed E-state index contributed by atoms with van der Waals surface area (Å²) in [6.45, 7) is 6.06. The predicted molar refractivity (Wildman–Crippen MR) is 90.1 cm³/mol. The summed E-state index contributed by atoms with van der Waals surface area (Å²) in [5, 5.41) is 5.86. The Hall–Kier alpha value is -1.67. The third kappa shape index (κ3) is 2.71. The van der Waals surface area contributed by atoms with Gasteiger partial charge >= 0.3 is 6.03 Å². The number of fused-ring (bicyclic) bond motifs is 3. The van der Waals surface area contributed by atoms with Crippen LogP contribution >= 0.6 is 0 Å². The molecule has 1 aliphatic carbocycles. The monoisotopic (exact) mass is 348 g/mol. The summed E-state index contributed by atoms with van der Waals surface area (Å²) in [5.74, 6) is -1.79. The summed E-state index contributed by atoms with van der Waals surface area (Å²) in [7, 11) is 0. The number of carbonyl (C=O) groups is 1. The van der Waals surface area contributed by atoms with Crippen molar-refractivity contribution in [3.8, 4) is 0 Å². The van der Waals surface area contributed by atoms with Crippen molar-refractivity contribution in [3.05, 3.63) is 29.3 Å². The zero-order valence-electron chi connectivity index (χ0n) is 14.6. The van der Waals surface area contributed by atoms with Crippen molar-refractivity contribution in [3.63, 3.8) is 0 Å². The zero-order valence-corrected chi connectivity index (χ0v) is 14.6. The zero-order chi connectivity index (χ0) is 17.5. The molecule has 3 aliphatic rings. The summed E-state index contributed by atoms with van der Waals surface area (Å²) in [6, 6.07) is 5.55. The average Bonchev–Trinajstić information content (AvgIpc) is 3.31. The Labute approximate surface area is 147 Å². The molecule has 2 N–H and O–H groups in total. The molecule has 2 amide bonds. The van der Waals surface area contributed by atoms with E-state index >= 15 is 0 Å². The highest BCUT2D eigenvalue weighted by molar-refractivity contribution is 5.91. The van der Waals surface area contributed by atoms with Crippen LogP contribution in [-0.2, 0) is 30.5 Å². The van der Waals surface area contributed by atoms with Gasteiger partial charge in [-0.05, 0) is 19.4 Å². The van der Waals surface area contributed by atoms with Gasteiger partial charge in [-0.15, -0.1) is 0 Å². The first-order valence-corrected chi connectivity index (χ1v) is 8.86. The highest BCUT2D eigenvalue weighted by Crippen LogP contribution is 2.57. The Kier molecular flexibility index (Phi) is 4.19. The number of amides is 2. The molecule has 1 aromatic rings. The van der Waals surface area contributed by atoms with E-state index in [2.05, 4.69) is 10.6 Å². The molecule has 4 rings (SSSR count). The van der Waals surface area contributed by atoms with Crippen molar-refractivity contribution in [1.29, 1.82) is 0 Å². The number of anilines is 1. The lowest BCUT2D eigenvalue weighted by Crippen LogP contribution is -2.36. The Bertz CT molecular complexity index is 665. The van der Waals surface area contributed by atoms with E-state index in [1.807, 2.05) is 32.0 Å². The molecule has 1 unspecified atom stereocenters. The van der Waals surface area contributed by atoms with Gasteiger partial charge in [-0.1, -0.05) is 19.1 Å². The average molecular weight is 348 g/mol. The molecule has 2 fully saturated rings. The second-order valence-electron chi connectivity index (χ2n) is 6.71. The van der Waals surface area contributed by atoms with Crippen molar-refractivity contribution >= 4 is 11.7 Å². The van der Waals surface area contributed by atoms with Crippen LogP contribution in [0.25, 0.3) is 0 Å². The Morgan fingerprint density at radius 3 is 2.40 bits per heavy atom. The molecule has 0 bridgehead atoms. The molecule has 136 valence electrons. The lowest BCUT2D eigenvalue weighted by molar-refractivity contribution is -0.239. The van der Waals surface area contributed by atoms with E-state index in [4.69, 9.17) is 18.9 Å². The van der Waals surface area contributed by atoms with Crippen molar-refractivity contribution in [2.45, 2.75) is 44.3 Å². The molecule has 0 radical (unpaired) electrons. The number of ether oxygens (including phenoxy) is 4. The first-order valence-electron chi connectivity index (χ1n) is 8.86. The number of hydrogen-bond donors (Lipinski definition) is 2. The fraction of sp³-hybridized carbons (Fsp3) is 0.611. The predicted octanol–water partition coefficient (Wildman–Crippen LogP) is 2.41. The maximum Gasteiger partial charge on any atom is 0.319 e. The van der Waals surface area contributed by atoms with Gasteiger partial charge in [-0.2, -0.15) is 0 Å². The van der Waals surface area contributed by atoms with Crippen LogP contribution < -0.4 is 10.6 Å². The van der Waals surface area contributed by atoms with Gasteiger partial charge < -0.3 is 29.6 Å². The van der Waals surface area contributed by atoms with Gasteiger partial charge in [0.25, 0.3) is 0 Å². The smallest absolute Gasteiger partial charge is 0.319 e. The lowest BCUT2D eigenvalue weighted by Gasteiger charge is -2.26. The molecule has 1 aromatic carbocycles. The standard InChI is InChI=1S/C18H24N2O5/c1-3-12(2)19-16(21)20-14-6-4-5-13-15(14)18(24-9-10-25-18)11-17(13)22-7-8-23-17/h4-6,12H,3,7-11H2,1-2H3,(H2,19,20,21). The number of urea groups is 1. The number of hydrogen-bond acceptors (Lipinski definition) is 5. The third-order valence-corrected chi connectivity index (χ3v) is 5.07. The van der Waals surface area contributed by atoms with Crippen LogP contribution in [0.1, 0.15) is 37.8 Å². The number of benzene rings is 1. The van der Waals surface area contributed by atoms with E-state index in [0.717, 1.165) is 17.5 Å². The third-order valence-electron chi connectivity index (χ3n) is 5.07. The summed E-state index contributed by atoms with van der Waals surface area (Å²) < 4.78 is 23.9. The van der Waals surface area contributed by atoms with E-state index in [9.17, 15) is 4.79 Å². The van der Waals surface area contributed by atoms with E-state index in [1.165, 1.54) is 0 Å². The molecule has 2 aliphatic heterocycles. The van der Waals surface area contributed by atoms with Crippen LogP contribution in [0.4, 0.5) is 10.5 Å². The number of nitrogens with one attached hydrogen (secondary N) is 2. The molecule has 1 atom stereocenters. The summed E-state index contributed by atoms with van der Waals surface area (Å²) in [6.07, 6.45) is 1.29. The van der Waals surface area contributed by atoms with Crippen molar-refractivity contribution in [2.24, 2.45) is 0 Å². The van der Waals surface area contributed by atoms with Gasteiger partial charge in [0, 0.05) is 17.2 Å². The van der Waals surface area contributed by atoms with Gasteiger partial charge in [-0.3, -0.25) is 0 Å². The van der Waals surface area contributed by atoms with Crippen LogP contribution in [0.2, 0.25) is 0 Å².